The summed E-state index contributed by atoms with van der Waals surface area (Å²) in [5, 5.41) is 11.3. The van der Waals surface area contributed by atoms with Crippen molar-refractivity contribution in [2.45, 2.75) is 6.61 Å². The molecule has 0 spiro atoms. The normalized spacial score (nSPS) is 10.7. The maximum absolute atomic E-state index is 12.5. The Morgan fingerprint density at radius 1 is 0.677 bits per heavy atom. The Bertz CT molecular complexity index is 1140. The highest BCUT2D eigenvalue weighted by molar-refractivity contribution is 6.04. The molecule has 0 saturated carbocycles. The number of benzene rings is 4. The molecule has 0 atom stereocenters. The van der Waals surface area contributed by atoms with Crippen molar-refractivity contribution in [2.75, 3.05) is 5.32 Å². The van der Waals surface area contributed by atoms with Crippen LogP contribution < -0.4 is 10.1 Å². The zero-order valence-corrected chi connectivity index (χ0v) is 16.8. The van der Waals surface area contributed by atoms with Gasteiger partial charge in [0.15, 0.2) is 0 Å². The fourth-order valence-electron chi connectivity index (χ4n) is 2.86. The maximum atomic E-state index is 12.5. The van der Waals surface area contributed by atoms with Gasteiger partial charge in [-0.15, -0.1) is 0 Å². The second-order valence-corrected chi connectivity index (χ2v) is 6.84. The molecule has 0 aliphatic carbocycles. The summed E-state index contributed by atoms with van der Waals surface area (Å²) in [4.78, 5) is 12.5. The molecule has 152 valence electrons. The van der Waals surface area contributed by atoms with Crippen molar-refractivity contribution in [3.63, 3.8) is 0 Å². The molecule has 4 aromatic rings. The van der Waals surface area contributed by atoms with Crippen LogP contribution in [-0.2, 0) is 6.61 Å². The number of anilines is 1. The smallest absolute Gasteiger partial charge is 0.255 e. The minimum absolute atomic E-state index is 0.172. The average molecular weight is 407 g/mol. The van der Waals surface area contributed by atoms with Gasteiger partial charge in [-0.2, -0.15) is 10.2 Å². The molecule has 1 N–H and O–H groups in total. The summed E-state index contributed by atoms with van der Waals surface area (Å²) in [6, 6.07) is 33.8. The summed E-state index contributed by atoms with van der Waals surface area (Å²) in [6.45, 7) is 0.449. The van der Waals surface area contributed by atoms with Gasteiger partial charge >= 0.3 is 0 Å². The summed E-state index contributed by atoms with van der Waals surface area (Å²) in [6.07, 6.45) is 0. The topological polar surface area (TPSA) is 63.0 Å². The lowest BCUT2D eigenvalue weighted by molar-refractivity contribution is 0.102. The fourth-order valence-corrected chi connectivity index (χ4v) is 2.86. The van der Waals surface area contributed by atoms with E-state index in [-0.39, 0.29) is 5.91 Å². The van der Waals surface area contributed by atoms with E-state index in [4.69, 9.17) is 4.74 Å². The number of azo groups is 1. The van der Waals surface area contributed by atoms with Crippen molar-refractivity contribution in [2.24, 2.45) is 10.2 Å². The van der Waals surface area contributed by atoms with Gasteiger partial charge in [0.05, 0.1) is 11.4 Å². The number of hydrogen-bond donors (Lipinski definition) is 1. The monoisotopic (exact) mass is 407 g/mol. The lowest BCUT2D eigenvalue weighted by atomic mass is 10.1. The lowest BCUT2D eigenvalue weighted by Crippen LogP contribution is -2.11. The number of nitrogens with one attached hydrogen (secondary N) is 1. The third kappa shape index (κ3) is 5.87. The Kier molecular flexibility index (Phi) is 6.45. The minimum Gasteiger partial charge on any atom is -0.489 e. The zero-order valence-electron chi connectivity index (χ0n) is 16.8. The van der Waals surface area contributed by atoms with Gasteiger partial charge in [-0.3, -0.25) is 4.79 Å². The van der Waals surface area contributed by atoms with E-state index in [1.165, 1.54) is 0 Å². The first kappa shape index (κ1) is 20.0. The first-order valence-electron chi connectivity index (χ1n) is 9.91. The molecule has 0 bridgehead atoms. The SMILES string of the molecule is O=C(Nc1ccc(N=Nc2ccccc2)cc1)c1ccc(COc2ccccc2)cc1. The molecule has 5 heteroatoms. The predicted molar refractivity (Wildman–Crippen MR) is 122 cm³/mol. The predicted octanol–water partition coefficient (Wildman–Crippen LogP) is 6.93. The Balaban J connectivity index is 1.32. The van der Waals surface area contributed by atoms with Crippen molar-refractivity contribution in [3.8, 4) is 5.75 Å². The van der Waals surface area contributed by atoms with Gasteiger partial charge in [0.2, 0.25) is 0 Å². The van der Waals surface area contributed by atoms with Gasteiger partial charge in [-0.05, 0) is 66.2 Å². The van der Waals surface area contributed by atoms with Gasteiger partial charge in [-0.25, -0.2) is 0 Å². The van der Waals surface area contributed by atoms with E-state index in [1.807, 2.05) is 84.9 Å². The van der Waals surface area contributed by atoms with Crippen LogP contribution >= 0.6 is 0 Å². The molecule has 31 heavy (non-hydrogen) atoms. The van der Waals surface area contributed by atoms with Gasteiger partial charge in [0, 0.05) is 11.3 Å². The van der Waals surface area contributed by atoms with E-state index >= 15 is 0 Å². The molecule has 0 radical (unpaired) electrons. The molecule has 0 unspecified atom stereocenters. The Morgan fingerprint density at radius 2 is 1.26 bits per heavy atom. The molecule has 0 fully saturated rings. The Hall–Kier alpha value is -4.25. The highest BCUT2D eigenvalue weighted by Crippen LogP contribution is 2.20. The van der Waals surface area contributed by atoms with E-state index in [2.05, 4.69) is 15.5 Å². The standard InChI is InChI=1S/C26H21N3O2/c30-26(21-13-11-20(12-14-21)19-31-25-9-5-2-6-10-25)27-22-15-17-24(18-16-22)29-28-23-7-3-1-4-8-23/h1-18H,19H2,(H,27,30). The van der Waals surface area contributed by atoms with Gasteiger partial charge in [0.1, 0.15) is 12.4 Å². The summed E-state index contributed by atoms with van der Waals surface area (Å²) < 4.78 is 5.73. The van der Waals surface area contributed by atoms with Crippen LogP contribution in [0.2, 0.25) is 0 Å². The summed E-state index contributed by atoms with van der Waals surface area (Å²) >= 11 is 0. The summed E-state index contributed by atoms with van der Waals surface area (Å²) in [5.74, 6) is 0.644. The molecular weight excluding hydrogens is 386 g/mol. The maximum Gasteiger partial charge on any atom is 0.255 e. The first-order valence-corrected chi connectivity index (χ1v) is 9.91. The fraction of sp³-hybridized carbons (Fsp3) is 0.0385. The second kappa shape index (κ2) is 9.98. The minimum atomic E-state index is -0.172. The van der Waals surface area contributed by atoms with E-state index in [1.54, 1.807) is 24.3 Å². The van der Waals surface area contributed by atoms with Gasteiger partial charge in [0.25, 0.3) is 5.91 Å². The highest BCUT2D eigenvalue weighted by Gasteiger charge is 2.06. The number of amides is 1. The van der Waals surface area contributed by atoms with Gasteiger partial charge in [-0.1, -0.05) is 48.5 Å². The number of ether oxygens (including phenoxy) is 1. The summed E-state index contributed by atoms with van der Waals surface area (Å²) in [7, 11) is 0. The van der Waals surface area contributed by atoms with Crippen LogP contribution in [0.4, 0.5) is 17.1 Å². The van der Waals surface area contributed by atoms with Crippen LogP contribution in [0.15, 0.2) is 119 Å². The van der Waals surface area contributed by atoms with Crippen molar-refractivity contribution in [1.82, 2.24) is 0 Å². The molecule has 4 aromatic carbocycles. The van der Waals surface area contributed by atoms with Crippen LogP contribution in [-0.4, -0.2) is 5.91 Å². The van der Waals surface area contributed by atoms with Crippen LogP contribution in [0.3, 0.4) is 0 Å². The lowest BCUT2D eigenvalue weighted by Gasteiger charge is -2.08. The number of carbonyl (C=O) groups is 1. The second-order valence-electron chi connectivity index (χ2n) is 6.84. The van der Waals surface area contributed by atoms with Crippen LogP contribution in [0.25, 0.3) is 0 Å². The number of hydrogen-bond acceptors (Lipinski definition) is 4. The third-order valence-electron chi connectivity index (χ3n) is 4.53. The molecule has 0 saturated heterocycles. The molecule has 0 heterocycles. The molecule has 0 aromatic heterocycles. The van der Waals surface area contributed by atoms with E-state index < -0.39 is 0 Å². The van der Waals surface area contributed by atoms with E-state index in [0.717, 1.165) is 17.0 Å². The van der Waals surface area contributed by atoms with Gasteiger partial charge < -0.3 is 10.1 Å². The first-order chi connectivity index (χ1) is 15.3. The molecular formula is C26H21N3O2. The number of para-hydroxylation sites is 1. The number of rotatable bonds is 7. The molecule has 4 rings (SSSR count). The quantitative estimate of drug-likeness (QED) is 0.338. The molecule has 1 amide bonds. The largest absolute Gasteiger partial charge is 0.489 e. The van der Waals surface area contributed by atoms with Crippen molar-refractivity contribution >= 4 is 23.0 Å². The van der Waals surface area contributed by atoms with Crippen molar-refractivity contribution < 1.29 is 9.53 Å². The van der Waals surface area contributed by atoms with E-state index in [9.17, 15) is 4.79 Å². The Labute approximate surface area is 181 Å². The molecule has 0 aliphatic rings. The molecule has 0 aliphatic heterocycles. The summed E-state index contributed by atoms with van der Waals surface area (Å²) in [5.41, 5.74) is 3.77. The highest BCUT2D eigenvalue weighted by atomic mass is 16.5. The van der Waals surface area contributed by atoms with Crippen molar-refractivity contribution in [3.05, 3.63) is 120 Å². The average Bonchev–Trinajstić information content (AvgIpc) is 2.84. The van der Waals surface area contributed by atoms with Crippen LogP contribution in [0.5, 0.6) is 5.75 Å². The Morgan fingerprint density at radius 3 is 1.90 bits per heavy atom. The zero-order chi connectivity index (χ0) is 21.3. The third-order valence-corrected chi connectivity index (χ3v) is 4.53. The van der Waals surface area contributed by atoms with E-state index in [0.29, 0.717) is 23.5 Å². The van der Waals surface area contributed by atoms with Crippen molar-refractivity contribution in [1.29, 1.82) is 0 Å². The number of nitrogens with zero attached hydrogens (tertiary/aromatic N) is 2. The molecule has 5 nitrogen and oxygen atoms in total. The van der Waals surface area contributed by atoms with Crippen LogP contribution in [0, 0.1) is 0 Å². The number of carbonyl (C=O) groups excluding carboxylic acids is 1. The van der Waals surface area contributed by atoms with Crippen LogP contribution in [0.1, 0.15) is 15.9 Å².